The first-order valence-electron chi connectivity index (χ1n) is 4.61. The van der Waals surface area contributed by atoms with E-state index < -0.39 is 12.1 Å². The Kier molecular flexibility index (Phi) is 2.19. The van der Waals surface area contributed by atoms with Crippen molar-refractivity contribution < 1.29 is 19.4 Å². The SMILES string of the molecule is Cc1ccc2c(c1)C(=O)CC(C(=O)O)O2. The molecular weight excluding hydrogens is 196 g/mol. The number of rotatable bonds is 1. The lowest BCUT2D eigenvalue weighted by atomic mass is 9.99. The number of aliphatic carboxylic acids is 1. The van der Waals surface area contributed by atoms with Crippen molar-refractivity contribution in [2.75, 3.05) is 0 Å². The molecule has 4 heteroatoms. The molecule has 0 aromatic heterocycles. The van der Waals surface area contributed by atoms with E-state index in [-0.39, 0.29) is 12.2 Å². The lowest BCUT2D eigenvalue weighted by Gasteiger charge is -2.22. The molecule has 0 saturated heterocycles. The van der Waals surface area contributed by atoms with Gasteiger partial charge in [-0.25, -0.2) is 4.79 Å². The number of hydrogen-bond acceptors (Lipinski definition) is 3. The number of Topliss-reactive ketones (excluding diaryl/α,β-unsaturated/α-hetero) is 1. The monoisotopic (exact) mass is 206 g/mol. The molecule has 1 aromatic rings. The van der Waals surface area contributed by atoms with Crippen LogP contribution in [0.5, 0.6) is 5.75 Å². The van der Waals surface area contributed by atoms with Gasteiger partial charge in [-0.2, -0.15) is 0 Å². The third-order valence-corrected chi connectivity index (χ3v) is 2.35. The highest BCUT2D eigenvalue weighted by atomic mass is 16.5. The van der Waals surface area contributed by atoms with E-state index in [1.165, 1.54) is 0 Å². The van der Waals surface area contributed by atoms with Gasteiger partial charge in [0.05, 0.1) is 12.0 Å². The molecule has 15 heavy (non-hydrogen) atoms. The first-order valence-corrected chi connectivity index (χ1v) is 4.61. The number of fused-ring (bicyclic) bond motifs is 1. The maximum Gasteiger partial charge on any atom is 0.345 e. The summed E-state index contributed by atoms with van der Waals surface area (Å²) in [5.41, 5.74) is 1.44. The molecule has 0 radical (unpaired) electrons. The number of hydrogen-bond donors (Lipinski definition) is 1. The quantitative estimate of drug-likeness (QED) is 0.754. The van der Waals surface area contributed by atoms with Crippen molar-refractivity contribution in [1.82, 2.24) is 0 Å². The smallest absolute Gasteiger partial charge is 0.345 e. The second kappa shape index (κ2) is 3.38. The van der Waals surface area contributed by atoms with Crippen LogP contribution in [0.3, 0.4) is 0 Å². The van der Waals surface area contributed by atoms with Gasteiger partial charge >= 0.3 is 5.97 Å². The van der Waals surface area contributed by atoms with Gasteiger partial charge in [-0.3, -0.25) is 4.79 Å². The van der Waals surface area contributed by atoms with Gasteiger partial charge in [-0.05, 0) is 19.1 Å². The van der Waals surface area contributed by atoms with Crippen LogP contribution in [0.25, 0.3) is 0 Å². The van der Waals surface area contributed by atoms with Crippen LogP contribution in [0.1, 0.15) is 22.3 Å². The molecule has 78 valence electrons. The minimum atomic E-state index is -1.10. The predicted octanol–water partition coefficient (Wildman–Crippen LogP) is 1.41. The van der Waals surface area contributed by atoms with E-state index in [0.717, 1.165) is 5.56 Å². The van der Waals surface area contributed by atoms with Crippen LogP contribution in [0.4, 0.5) is 0 Å². The normalized spacial score (nSPS) is 19.3. The van der Waals surface area contributed by atoms with E-state index in [1.54, 1.807) is 18.2 Å². The number of carbonyl (C=O) groups is 2. The van der Waals surface area contributed by atoms with E-state index in [0.29, 0.717) is 11.3 Å². The molecular formula is C11H10O4. The topological polar surface area (TPSA) is 63.6 Å². The predicted molar refractivity (Wildman–Crippen MR) is 52.2 cm³/mol. The Balaban J connectivity index is 2.41. The van der Waals surface area contributed by atoms with Crippen molar-refractivity contribution in [3.8, 4) is 5.75 Å². The maximum atomic E-state index is 11.6. The summed E-state index contributed by atoms with van der Waals surface area (Å²) in [5, 5.41) is 8.76. The Morgan fingerprint density at radius 3 is 2.93 bits per heavy atom. The summed E-state index contributed by atoms with van der Waals surface area (Å²) >= 11 is 0. The highest BCUT2D eigenvalue weighted by molar-refractivity contribution is 6.02. The zero-order chi connectivity index (χ0) is 11.0. The van der Waals surface area contributed by atoms with Crippen molar-refractivity contribution in [2.45, 2.75) is 19.4 Å². The van der Waals surface area contributed by atoms with Crippen LogP contribution in [0.2, 0.25) is 0 Å². The van der Waals surface area contributed by atoms with E-state index in [4.69, 9.17) is 9.84 Å². The average molecular weight is 206 g/mol. The summed E-state index contributed by atoms with van der Waals surface area (Å²) in [6.07, 6.45) is -1.14. The van der Waals surface area contributed by atoms with Gasteiger partial charge in [0.1, 0.15) is 5.75 Å². The molecule has 1 atom stereocenters. The molecule has 1 aliphatic rings. The van der Waals surface area contributed by atoms with Crippen molar-refractivity contribution in [1.29, 1.82) is 0 Å². The number of carbonyl (C=O) groups excluding carboxylic acids is 1. The summed E-state index contributed by atoms with van der Waals surface area (Å²) in [6, 6.07) is 5.14. The van der Waals surface area contributed by atoms with Crippen LogP contribution in [0.15, 0.2) is 18.2 Å². The molecule has 0 amide bonds. The molecule has 0 spiro atoms. The van der Waals surface area contributed by atoms with Crippen LogP contribution in [-0.4, -0.2) is 23.0 Å². The fourth-order valence-electron chi connectivity index (χ4n) is 1.58. The van der Waals surface area contributed by atoms with E-state index in [2.05, 4.69) is 0 Å². The first-order chi connectivity index (χ1) is 7.08. The molecule has 0 aliphatic carbocycles. The van der Waals surface area contributed by atoms with E-state index >= 15 is 0 Å². The number of benzene rings is 1. The molecule has 1 unspecified atom stereocenters. The van der Waals surface area contributed by atoms with Crippen LogP contribution >= 0.6 is 0 Å². The zero-order valence-corrected chi connectivity index (χ0v) is 8.19. The summed E-state index contributed by atoms with van der Waals surface area (Å²) in [4.78, 5) is 22.3. The Morgan fingerprint density at radius 1 is 1.53 bits per heavy atom. The van der Waals surface area contributed by atoms with Crippen molar-refractivity contribution in [3.63, 3.8) is 0 Å². The molecule has 0 bridgehead atoms. The highest BCUT2D eigenvalue weighted by Gasteiger charge is 2.31. The van der Waals surface area contributed by atoms with Gasteiger partial charge in [0.2, 0.25) is 6.10 Å². The Labute approximate surface area is 86.5 Å². The van der Waals surface area contributed by atoms with Crippen LogP contribution < -0.4 is 4.74 Å². The molecule has 1 N–H and O–H groups in total. The Hall–Kier alpha value is -1.84. The molecule has 1 aliphatic heterocycles. The lowest BCUT2D eigenvalue weighted by Crippen LogP contribution is -2.33. The second-order valence-electron chi connectivity index (χ2n) is 3.57. The van der Waals surface area contributed by atoms with E-state index in [1.807, 2.05) is 6.92 Å². The Morgan fingerprint density at radius 2 is 2.27 bits per heavy atom. The summed E-state index contributed by atoms with van der Waals surface area (Å²) in [6.45, 7) is 1.87. The van der Waals surface area contributed by atoms with Crippen molar-refractivity contribution in [3.05, 3.63) is 29.3 Å². The summed E-state index contributed by atoms with van der Waals surface area (Å²) < 4.78 is 5.20. The number of ketones is 1. The standard InChI is InChI=1S/C11H10O4/c1-6-2-3-9-7(4-6)8(12)5-10(15-9)11(13)14/h2-4,10H,5H2,1H3,(H,13,14). The van der Waals surface area contributed by atoms with Gasteiger partial charge < -0.3 is 9.84 Å². The van der Waals surface area contributed by atoms with Gasteiger partial charge in [0.15, 0.2) is 5.78 Å². The molecule has 0 saturated carbocycles. The fourth-order valence-corrected chi connectivity index (χ4v) is 1.58. The van der Waals surface area contributed by atoms with Crippen LogP contribution in [0, 0.1) is 6.92 Å². The van der Waals surface area contributed by atoms with Gasteiger partial charge in [0, 0.05) is 0 Å². The minimum absolute atomic E-state index is 0.0915. The maximum absolute atomic E-state index is 11.6. The number of carboxylic acids is 1. The third kappa shape index (κ3) is 1.70. The second-order valence-corrected chi connectivity index (χ2v) is 3.57. The molecule has 2 rings (SSSR count). The van der Waals surface area contributed by atoms with Crippen molar-refractivity contribution >= 4 is 11.8 Å². The third-order valence-electron chi connectivity index (χ3n) is 2.35. The largest absolute Gasteiger partial charge is 0.478 e. The van der Waals surface area contributed by atoms with Crippen LogP contribution in [-0.2, 0) is 4.79 Å². The fraction of sp³-hybridized carbons (Fsp3) is 0.273. The molecule has 1 heterocycles. The summed E-state index contributed by atoms with van der Waals surface area (Å²) in [5.74, 6) is -0.911. The number of aryl methyl sites for hydroxylation is 1. The highest BCUT2D eigenvalue weighted by Crippen LogP contribution is 2.28. The van der Waals surface area contributed by atoms with Gasteiger partial charge in [-0.15, -0.1) is 0 Å². The molecule has 4 nitrogen and oxygen atoms in total. The first kappa shape index (κ1) is 9.71. The van der Waals surface area contributed by atoms with E-state index in [9.17, 15) is 9.59 Å². The van der Waals surface area contributed by atoms with Crippen molar-refractivity contribution in [2.24, 2.45) is 0 Å². The minimum Gasteiger partial charge on any atom is -0.478 e. The molecule has 1 aromatic carbocycles. The molecule has 0 fully saturated rings. The van der Waals surface area contributed by atoms with Gasteiger partial charge in [0.25, 0.3) is 0 Å². The number of carboxylic acid groups (broad SMARTS) is 1. The summed E-state index contributed by atoms with van der Waals surface area (Å²) in [7, 11) is 0. The zero-order valence-electron chi connectivity index (χ0n) is 8.19. The lowest BCUT2D eigenvalue weighted by molar-refractivity contribution is -0.145. The average Bonchev–Trinajstić information content (AvgIpc) is 2.18. The Bertz CT molecular complexity index is 436. The number of ether oxygens (including phenoxy) is 1. The van der Waals surface area contributed by atoms with Gasteiger partial charge in [-0.1, -0.05) is 11.6 Å².